The molecule has 26 heavy (non-hydrogen) atoms. The Bertz CT molecular complexity index is 894. The number of nitrogens with one attached hydrogen (secondary N) is 2. The molecule has 1 aromatic carbocycles. The first kappa shape index (κ1) is 16.5. The molecule has 4 rings (SSSR count). The molecule has 0 spiro atoms. The quantitative estimate of drug-likeness (QED) is 0.755. The number of carbonyl (C=O) groups is 1. The lowest BCUT2D eigenvalue weighted by molar-refractivity contribution is -0.126. The first-order valence-electron chi connectivity index (χ1n) is 8.72. The van der Waals surface area contributed by atoms with Crippen LogP contribution >= 0.6 is 0 Å². The Morgan fingerprint density at radius 1 is 1.31 bits per heavy atom. The van der Waals surface area contributed by atoms with E-state index in [2.05, 4.69) is 20.7 Å². The number of carbonyl (C=O) groups excluding carboxylic acids is 1. The van der Waals surface area contributed by atoms with Gasteiger partial charge in [-0.25, -0.2) is 4.98 Å². The van der Waals surface area contributed by atoms with Gasteiger partial charge in [-0.2, -0.15) is 5.10 Å². The summed E-state index contributed by atoms with van der Waals surface area (Å²) < 4.78 is 7.24. The van der Waals surface area contributed by atoms with Gasteiger partial charge in [-0.1, -0.05) is 6.07 Å². The molecule has 134 valence electrons. The maximum absolute atomic E-state index is 13.2. The van der Waals surface area contributed by atoms with Crippen molar-refractivity contribution in [2.75, 3.05) is 18.4 Å². The van der Waals surface area contributed by atoms with Gasteiger partial charge in [0.15, 0.2) is 0 Å². The molecule has 0 radical (unpaired) electrons. The summed E-state index contributed by atoms with van der Waals surface area (Å²) in [6.07, 6.45) is 6.57. The molecule has 0 bridgehead atoms. The van der Waals surface area contributed by atoms with Crippen molar-refractivity contribution in [3.8, 4) is 11.5 Å². The standard InChI is InChI=1S/C19H21N5O2/c1-14-13-26-17(22-14)15-4-2-5-16(12-15)23-18(25)19(6-9-20-10-7-19)24-11-3-8-21-24/h2-5,8,11-13,20H,6-7,9-10H2,1H3,(H,23,25). The number of anilines is 1. The zero-order valence-corrected chi connectivity index (χ0v) is 14.6. The molecule has 7 nitrogen and oxygen atoms in total. The minimum absolute atomic E-state index is 0.0524. The largest absolute Gasteiger partial charge is 0.444 e. The fraction of sp³-hybridized carbons (Fsp3) is 0.316. The maximum atomic E-state index is 13.2. The average molecular weight is 351 g/mol. The van der Waals surface area contributed by atoms with Crippen LogP contribution in [0.2, 0.25) is 0 Å². The topological polar surface area (TPSA) is 85.0 Å². The summed E-state index contributed by atoms with van der Waals surface area (Å²) in [4.78, 5) is 17.5. The number of aryl methyl sites for hydroxylation is 1. The number of piperidine rings is 1. The van der Waals surface area contributed by atoms with E-state index in [1.807, 2.05) is 43.5 Å². The summed E-state index contributed by atoms with van der Waals surface area (Å²) in [5.74, 6) is 0.491. The van der Waals surface area contributed by atoms with E-state index < -0.39 is 5.54 Å². The van der Waals surface area contributed by atoms with Crippen molar-refractivity contribution in [3.05, 3.63) is 54.7 Å². The van der Waals surface area contributed by atoms with Crippen molar-refractivity contribution in [3.63, 3.8) is 0 Å². The molecule has 7 heteroatoms. The number of rotatable bonds is 4. The maximum Gasteiger partial charge on any atom is 0.252 e. The Kier molecular flexibility index (Phi) is 4.30. The smallest absolute Gasteiger partial charge is 0.252 e. The molecule has 0 atom stereocenters. The first-order valence-corrected chi connectivity index (χ1v) is 8.72. The highest BCUT2D eigenvalue weighted by Gasteiger charge is 2.42. The molecule has 1 saturated heterocycles. The SMILES string of the molecule is Cc1coc(-c2cccc(NC(=O)C3(n4cccn4)CCNCC3)c2)n1. The number of hydrogen-bond acceptors (Lipinski definition) is 5. The fourth-order valence-electron chi connectivity index (χ4n) is 3.39. The number of oxazole rings is 1. The van der Waals surface area contributed by atoms with Crippen molar-refractivity contribution in [1.29, 1.82) is 0 Å². The van der Waals surface area contributed by atoms with Crippen LogP contribution < -0.4 is 10.6 Å². The molecule has 3 aromatic rings. The molecular weight excluding hydrogens is 330 g/mol. The summed E-state index contributed by atoms with van der Waals surface area (Å²) in [6.45, 7) is 3.44. The highest BCUT2D eigenvalue weighted by molar-refractivity contribution is 5.97. The van der Waals surface area contributed by atoms with Gasteiger partial charge >= 0.3 is 0 Å². The van der Waals surface area contributed by atoms with Crippen LogP contribution in [0.4, 0.5) is 5.69 Å². The molecule has 2 N–H and O–H groups in total. The minimum Gasteiger partial charge on any atom is -0.444 e. The molecule has 0 saturated carbocycles. The predicted octanol–water partition coefficient (Wildman–Crippen LogP) is 2.56. The average Bonchev–Trinajstić information content (AvgIpc) is 3.34. The lowest BCUT2D eigenvalue weighted by Crippen LogP contribution is -2.52. The van der Waals surface area contributed by atoms with E-state index in [1.165, 1.54) is 0 Å². The number of aromatic nitrogens is 3. The highest BCUT2D eigenvalue weighted by Crippen LogP contribution is 2.29. The van der Waals surface area contributed by atoms with Crippen LogP contribution in [0.15, 0.2) is 53.4 Å². The second-order valence-electron chi connectivity index (χ2n) is 6.56. The van der Waals surface area contributed by atoms with Gasteiger partial charge < -0.3 is 15.1 Å². The Hall–Kier alpha value is -2.93. The van der Waals surface area contributed by atoms with E-state index in [9.17, 15) is 4.79 Å². The van der Waals surface area contributed by atoms with Crippen molar-refractivity contribution in [2.45, 2.75) is 25.3 Å². The molecule has 0 unspecified atom stereocenters. The van der Waals surface area contributed by atoms with Crippen LogP contribution in [0.1, 0.15) is 18.5 Å². The predicted molar refractivity (Wildman–Crippen MR) is 97.6 cm³/mol. The lowest BCUT2D eigenvalue weighted by Gasteiger charge is -2.36. The van der Waals surface area contributed by atoms with Crippen LogP contribution in [-0.2, 0) is 10.3 Å². The summed E-state index contributed by atoms with van der Waals surface area (Å²) in [5, 5.41) is 10.7. The van der Waals surface area contributed by atoms with E-state index in [4.69, 9.17) is 4.42 Å². The Labute approximate surface area is 151 Å². The second kappa shape index (κ2) is 6.76. The molecule has 2 aromatic heterocycles. The van der Waals surface area contributed by atoms with Crippen LogP contribution in [0.25, 0.3) is 11.5 Å². The lowest BCUT2D eigenvalue weighted by atomic mass is 9.87. The van der Waals surface area contributed by atoms with Gasteiger partial charge in [0, 0.05) is 23.6 Å². The number of nitrogens with zero attached hydrogens (tertiary/aromatic N) is 3. The first-order chi connectivity index (χ1) is 12.7. The molecule has 1 amide bonds. The third-order valence-electron chi connectivity index (χ3n) is 4.78. The van der Waals surface area contributed by atoms with E-state index in [1.54, 1.807) is 17.1 Å². The molecule has 0 aliphatic carbocycles. The summed E-state index contributed by atoms with van der Waals surface area (Å²) in [5.41, 5.74) is 1.69. The summed E-state index contributed by atoms with van der Waals surface area (Å²) in [6, 6.07) is 9.39. The van der Waals surface area contributed by atoms with Crippen LogP contribution in [0.3, 0.4) is 0 Å². The fourth-order valence-corrected chi connectivity index (χ4v) is 3.39. The number of hydrogen-bond donors (Lipinski definition) is 2. The van der Waals surface area contributed by atoms with Crippen LogP contribution in [0, 0.1) is 6.92 Å². The second-order valence-corrected chi connectivity index (χ2v) is 6.56. The summed E-state index contributed by atoms with van der Waals surface area (Å²) in [7, 11) is 0. The Morgan fingerprint density at radius 2 is 2.15 bits per heavy atom. The zero-order valence-electron chi connectivity index (χ0n) is 14.6. The van der Waals surface area contributed by atoms with E-state index >= 15 is 0 Å². The Morgan fingerprint density at radius 3 is 2.85 bits per heavy atom. The normalized spacial score (nSPS) is 16.3. The number of amides is 1. The molecule has 1 aliphatic heterocycles. The zero-order chi connectivity index (χ0) is 18.0. The third-order valence-corrected chi connectivity index (χ3v) is 4.78. The van der Waals surface area contributed by atoms with Gasteiger partial charge in [-0.15, -0.1) is 0 Å². The van der Waals surface area contributed by atoms with E-state index in [0.29, 0.717) is 24.4 Å². The summed E-state index contributed by atoms with van der Waals surface area (Å²) >= 11 is 0. The van der Waals surface area contributed by atoms with Gasteiger partial charge in [-0.05, 0) is 57.1 Å². The van der Waals surface area contributed by atoms with Crippen molar-refractivity contribution >= 4 is 11.6 Å². The van der Waals surface area contributed by atoms with Gasteiger partial charge in [0.25, 0.3) is 5.91 Å². The number of benzene rings is 1. The monoisotopic (exact) mass is 351 g/mol. The van der Waals surface area contributed by atoms with E-state index in [0.717, 1.165) is 24.3 Å². The van der Waals surface area contributed by atoms with Crippen LogP contribution in [0.5, 0.6) is 0 Å². The molecule has 1 aliphatic rings. The molecular formula is C19H21N5O2. The van der Waals surface area contributed by atoms with Crippen molar-refractivity contribution in [2.24, 2.45) is 0 Å². The molecule has 1 fully saturated rings. The highest BCUT2D eigenvalue weighted by atomic mass is 16.3. The van der Waals surface area contributed by atoms with Gasteiger partial charge in [-0.3, -0.25) is 9.48 Å². The van der Waals surface area contributed by atoms with Gasteiger partial charge in [0.1, 0.15) is 11.8 Å². The van der Waals surface area contributed by atoms with Crippen molar-refractivity contribution in [1.82, 2.24) is 20.1 Å². The van der Waals surface area contributed by atoms with Gasteiger partial charge in [0.2, 0.25) is 5.89 Å². The van der Waals surface area contributed by atoms with Gasteiger partial charge in [0.05, 0.1) is 5.69 Å². The van der Waals surface area contributed by atoms with E-state index in [-0.39, 0.29) is 5.91 Å². The minimum atomic E-state index is -0.676. The Balaban J connectivity index is 1.61. The van der Waals surface area contributed by atoms with Crippen molar-refractivity contribution < 1.29 is 9.21 Å². The van der Waals surface area contributed by atoms with Crippen LogP contribution in [-0.4, -0.2) is 33.8 Å². The molecule has 3 heterocycles. The third kappa shape index (κ3) is 3.01.